The molecule has 1 aromatic rings. The van der Waals surface area contributed by atoms with Crippen LogP contribution in [0.4, 0.5) is 5.13 Å². The van der Waals surface area contributed by atoms with Crippen LogP contribution >= 0.6 is 11.3 Å². The van der Waals surface area contributed by atoms with Crippen molar-refractivity contribution in [2.24, 2.45) is 0 Å². The van der Waals surface area contributed by atoms with Crippen LogP contribution in [0.25, 0.3) is 0 Å². The van der Waals surface area contributed by atoms with E-state index in [4.69, 9.17) is 0 Å². The molecule has 0 bridgehead atoms. The van der Waals surface area contributed by atoms with Gasteiger partial charge in [-0.3, -0.25) is 14.9 Å². The van der Waals surface area contributed by atoms with Crippen molar-refractivity contribution >= 4 is 28.3 Å². The molecule has 0 unspecified atom stereocenters. The van der Waals surface area contributed by atoms with Crippen molar-refractivity contribution in [3.63, 3.8) is 0 Å². The number of carbonyl (C=O) groups excluding carboxylic acids is 2. The molecule has 2 rings (SSSR count). The van der Waals surface area contributed by atoms with Crippen LogP contribution in [-0.2, 0) is 11.2 Å². The SMILES string of the molecule is C/C=C/C(=O)Nc1nc2c(s1)C(=O)NCCC2. The molecular formula is C11H13N3O2S. The van der Waals surface area contributed by atoms with Crippen molar-refractivity contribution in [1.82, 2.24) is 10.3 Å². The first-order valence-corrected chi connectivity index (χ1v) is 6.24. The highest BCUT2D eigenvalue weighted by atomic mass is 32.1. The van der Waals surface area contributed by atoms with Crippen LogP contribution in [-0.4, -0.2) is 23.3 Å². The van der Waals surface area contributed by atoms with E-state index < -0.39 is 0 Å². The van der Waals surface area contributed by atoms with Crippen molar-refractivity contribution in [3.05, 3.63) is 22.7 Å². The van der Waals surface area contributed by atoms with Crippen molar-refractivity contribution in [1.29, 1.82) is 0 Å². The predicted molar refractivity (Wildman–Crippen MR) is 66.2 cm³/mol. The van der Waals surface area contributed by atoms with Gasteiger partial charge in [-0.2, -0.15) is 0 Å². The number of fused-ring (bicyclic) bond motifs is 1. The molecule has 1 aromatic heterocycles. The van der Waals surface area contributed by atoms with Crippen LogP contribution in [0.2, 0.25) is 0 Å². The molecule has 2 heterocycles. The van der Waals surface area contributed by atoms with Crippen LogP contribution < -0.4 is 10.6 Å². The van der Waals surface area contributed by atoms with Gasteiger partial charge in [-0.25, -0.2) is 4.98 Å². The lowest BCUT2D eigenvalue weighted by Gasteiger charge is -1.97. The summed E-state index contributed by atoms with van der Waals surface area (Å²) < 4.78 is 0. The first kappa shape index (κ1) is 11.8. The van der Waals surface area contributed by atoms with Gasteiger partial charge in [0.15, 0.2) is 5.13 Å². The summed E-state index contributed by atoms with van der Waals surface area (Å²) in [7, 11) is 0. The van der Waals surface area contributed by atoms with Gasteiger partial charge < -0.3 is 5.32 Å². The van der Waals surface area contributed by atoms with Gasteiger partial charge in [0.1, 0.15) is 4.88 Å². The molecular weight excluding hydrogens is 238 g/mol. The van der Waals surface area contributed by atoms with E-state index in [-0.39, 0.29) is 11.8 Å². The zero-order chi connectivity index (χ0) is 12.3. The summed E-state index contributed by atoms with van der Waals surface area (Å²) in [4.78, 5) is 27.9. The number of aryl methyl sites for hydroxylation is 1. The van der Waals surface area contributed by atoms with Gasteiger partial charge in [-0.1, -0.05) is 17.4 Å². The monoisotopic (exact) mass is 251 g/mol. The highest BCUT2D eigenvalue weighted by Gasteiger charge is 2.20. The molecule has 2 amide bonds. The second-order valence-electron chi connectivity index (χ2n) is 3.64. The number of nitrogens with one attached hydrogen (secondary N) is 2. The minimum atomic E-state index is -0.225. The lowest BCUT2D eigenvalue weighted by atomic mass is 10.2. The average Bonchev–Trinajstić information content (AvgIpc) is 2.60. The minimum Gasteiger partial charge on any atom is -0.351 e. The maximum absolute atomic E-state index is 11.7. The van der Waals surface area contributed by atoms with Crippen molar-refractivity contribution < 1.29 is 9.59 Å². The predicted octanol–water partition coefficient (Wildman–Crippen LogP) is 1.33. The molecule has 90 valence electrons. The van der Waals surface area contributed by atoms with Crippen molar-refractivity contribution in [2.45, 2.75) is 19.8 Å². The van der Waals surface area contributed by atoms with Gasteiger partial charge >= 0.3 is 0 Å². The summed E-state index contributed by atoms with van der Waals surface area (Å²) in [6.07, 6.45) is 4.72. The topological polar surface area (TPSA) is 71.1 Å². The first-order valence-electron chi connectivity index (χ1n) is 5.42. The van der Waals surface area contributed by atoms with Gasteiger partial charge in [0.05, 0.1) is 5.69 Å². The number of hydrogen-bond acceptors (Lipinski definition) is 4. The molecule has 1 aliphatic rings. The Balaban J connectivity index is 2.19. The molecule has 0 saturated heterocycles. The van der Waals surface area contributed by atoms with E-state index in [9.17, 15) is 9.59 Å². The Morgan fingerprint density at radius 1 is 1.59 bits per heavy atom. The second-order valence-corrected chi connectivity index (χ2v) is 4.64. The van der Waals surface area contributed by atoms with Gasteiger partial charge in [0.2, 0.25) is 5.91 Å². The maximum Gasteiger partial charge on any atom is 0.263 e. The van der Waals surface area contributed by atoms with Crippen LogP contribution in [0.1, 0.15) is 28.7 Å². The lowest BCUT2D eigenvalue weighted by molar-refractivity contribution is -0.111. The Hall–Kier alpha value is -1.69. The molecule has 1 aliphatic heterocycles. The number of aromatic nitrogens is 1. The molecule has 6 heteroatoms. The zero-order valence-corrected chi connectivity index (χ0v) is 10.3. The van der Waals surface area contributed by atoms with Gasteiger partial charge in [-0.05, 0) is 25.8 Å². The van der Waals surface area contributed by atoms with Crippen molar-refractivity contribution in [3.8, 4) is 0 Å². The summed E-state index contributed by atoms with van der Waals surface area (Å²) in [6.45, 7) is 2.45. The highest BCUT2D eigenvalue weighted by Crippen LogP contribution is 2.25. The molecule has 0 fully saturated rings. The zero-order valence-electron chi connectivity index (χ0n) is 9.45. The largest absolute Gasteiger partial charge is 0.351 e. The van der Waals surface area contributed by atoms with E-state index >= 15 is 0 Å². The van der Waals surface area contributed by atoms with Gasteiger partial charge in [0.25, 0.3) is 5.91 Å². The summed E-state index contributed by atoms with van der Waals surface area (Å²) in [5, 5.41) is 5.92. The Bertz CT molecular complexity index is 479. The Morgan fingerprint density at radius 3 is 3.18 bits per heavy atom. The summed E-state index contributed by atoms with van der Waals surface area (Å²) in [5.74, 6) is -0.321. The number of thiazole rings is 1. The number of hydrogen-bond donors (Lipinski definition) is 2. The highest BCUT2D eigenvalue weighted by molar-refractivity contribution is 7.17. The standard InChI is InChI=1S/C11H13N3O2S/c1-2-4-8(15)14-11-13-7-5-3-6-12-10(16)9(7)17-11/h2,4H,3,5-6H2,1H3,(H,12,16)(H,13,14,15)/b4-2+. The smallest absolute Gasteiger partial charge is 0.263 e. The maximum atomic E-state index is 11.7. The Morgan fingerprint density at radius 2 is 2.41 bits per heavy atom. The number of anilines is 1. The third-order valence-corrected chi connectivity index (χ3v) is 3.34. The third kappa shape index (κ3) is 2.71. The molecule has 0 atom stereocenters. The summed E-state index contributed by atoms with van der Waals surface area (Å²) >= 11 is 1.22. The molecule has 17 heavy (non-hydrogen) atoms. The van der Waals surface area contributed by atoms with Gasteiger partial charge in [-0.15, -0.1) is 0 Å². The van der Waals surface area contributed by atoms with Crippen LogP contribution in [0.3, 0.4) is 0 Å². The van der Waals surface area contributed by atoms with E-state index in [1.54, 1.807) is 13.0 Å². The summed E-state index contributed by atoms with van der Waals surface area (Å²) in [6, 6.07) is 0. The fourth-order valence-corrected chi connectivity index (χ4v) is 2.52. The fraction of sp³-hybridized carbons (Fsp3) is 0.364. The van der Waals surface area contributed by atoms with E-state index in [0.717, 1.165) is 18.5 Å². The second kappa shape index (κ2) is 5.09. The third-order valence-electron chi connectivity index (χ3n) is 2.33. The molecule has 2 N–H and O–H groups in total. The normalized spacial score (nSPS) is 15.2. The van der Waals surface area contributed by atoms with Crippen LogP contribution in [0, 0.1) is 0 Å². The Kier molecular flexibility index (Phi) is 3.53. The van der Waals surface area contributed by atoms with Gasteiger partial charge in [0, 0.05) is 6.54 Å². The molecule has 0 saturated carbocycles. The number of amides is 2. The van der Waals surface area contributed by atoms with Crippen LogP contribution in [0.5, 0.6) is 0 Å². The van der Waals surface area contributed by atoms with Crippen LogP contribution in [0.15, 0.2) is 12.2 Å². The fourth-order valence-electron chi connectivity index (χ4n) is 1.59. The van der Waals surface area contributed by atoms with E-state index in [1.807, 2.05) is 0 Å². The molecule has 0 spiro atoms. The molecule has 5 nitrogen and oxygen atoms in total. The van der Waals surface area contributed by atoms with Crippen molar-refractivity contribution in [2.75, 3.05) is 11.9 Å². The number of nitrogens with zero attached hydrogens (tertiary/aromatic N) is 1. The molecule has 0 radical (unpaired) electrons. The number of rotatable bonds is 2. The number of carbonyl (C=O) groups is 2. The molecule has 0 aromatic carbocycles. The quantitative estimate of drug-likeness (QED) is 0.779. The Labute approximate surface area is 103 Å². The number of allylic oxidation sites excluding steroid dienone is 1. The van der Waals surface area contributed by atoms with E-state index in [2.05, 4.69) is 15.6 Å². The van der Waals surface area contributed by atoms with E-state index in [0.29, 0.717) is 16.6 Å². The summed E-state index contributed by atoms with van der Waals surface area (Å²) in [5.41, 5.74) is 0.778. The molecule has 0 aliphatic carbocycles. The average molecular weight is 251 g/mol. The lowest BCUT2D eigenvalue weighted by Crippen LogP contribution is -2.21. The minimum absolute atomic E-state index is 0.0958. The van der Waals surface area contributed by atoms with E-state index in [1.165, 1.54) is 17.4 Å². The first-order chi connectivity index (χ1) is 8.20.